The van der Waals surface area contributed by atoms with Crippen LogP contribution in [0.15, 0.2) is 38.8 Å². The molecule has 0 unspecified atom stereocenters. The van der Waals surface area contributed by atoms with Gasteiger partial charge in [-0.15, -0.1) is 10.2 Å². The summed E-state index contributed by atoms with van der Waals surface area (Å²) in [5, 5.41) is 13.0. The first kappa shape index (κ1) is 15.8. The minimum Gasteiger partial charge on any atom is -0.493 e. The average Bonchev–Trinajstić information content (AvgIpc) is 2.91. The van der Waals surface area contributed by atoms with Crippen LogP contribution in [0, 0.1) is 0 Å². The van der Waals surface area contributed by atoms with Crippen LogP contribution >= 0.6 is 11.8 Å². The third-order valence-electron chi connectivity index (χ3n) is 2.35. The molecule has 0 radical (unpaired) electrons. The van der Waals surface area contributed by atoms with E-state index in [0.29, 0.717) is 29.2 Å². The molecular formula is C11H14N4O4S2. The summed E-state index contributed by atoms with van der Waals surface area (Å²) in [5.74, 6) is 1.54. The van der Waals surface area contributed by atoms with Crippen LogP contribution in [0.5, 0.6) is 5.75 Å². The fourth-order valence-electron chi connectivity index (χ4n) is 1.39. The molecule has 0 saturated heterocycles. The Morgan fingerprint density at radius 2 is 1.95 bits per heavy atom. The highest BCUT2D eigenvalue weighted by atomic mass is 32.2. The first-order valence-electron chi connectivity index (χ1n) is 5.90. The van der Waals surface area contributed by atoms with Crippen molar-refractivity contribution in [3.05, 3.63) is 30.2 Å². The first-order chi connectivity index (χ1) is 9.99. The molecule has 8 nitrogen and oxygen atoms in total. The second-order valence-electron chi connectivity index (χ2n) is 3.88. The maximum atomic E-state index is 11.1. The lowest BCUT2D eigenvalue weighted by Crippen LogP contribution is -2.11. The van der Waals surface area contributed by atoms with Gasteiger partial charge in [0.2, 0.25) is 15.9 Å². The van der Waals surface area contributed by atoms with E-state index in [-0.39, 0.29) is 11.4 Å². The number of sulfonamides is 1. The maximum absolute atomic E-state index is 11.1. The Kier molecular flexibility index (Phi) is 5.17. The molecule has 0 bridgehead atoms. The fourth-order valence-corrected chi connectivity index (χ4v) is 2.50. The third kappa shape index (κ3) is 4.70. The summed E-state index contributed by atoms with van der Waals surface area (Å²) in [6, 6.07) is 5.87. The Morgan fingerprint density at radius 3 is 2.52 bits per heavy atom. The zero-order valence-electron chi connectivity index (χ0n) is 10.9. The molecule has 0 amide bonds. The zero-order valence-corrected chi connectivity index (χ0v) is 12.6. The monoisotopic (exact) mass is 330 g/mol. The molecule has 21 heavy (non-hydrogen) atoms. The molecule has 0 aliphatic carbocycles. The Balaban J connectivity index is 1.78. The van der Waals surface area contributed by atoms with Crippen molar-refractivity contribution in [2.24, 2.45) is 10.9 Å². The van der Waals surface area contributed by atoms with Crippen molar-refractivity contribution in [2.45, 2.75) is 16.7 Å². The molecule has 1 aromatic carbocycles. The van der Waals surface area contributed by atoms with Gasteiger partial charge in [-0.2, -0.15) is 0 Å². The molecule has 0 fully saturated rings. The minimum absolute atomic E-state index is 0.0457. The van der Waals surface area contributed by atoms with E-state index in [2.05, 4.69) is 10.2 Å². The van der Waals surface area contributed by atoms with Gasteiger partial charge in [-0.05, 0) is 24.3 Å². The number of hydrogen-bond acceptors (Lipinski definition) is 8. The zero-order chi connectivity index (χ0) is 15.3. The molecule has 1 aromatic heterocycles. The smallest absolute Gasteiger partial charge is 0.276 e. The molecule has 2 aromatic rings. The molecule has 4 N–H and O–H groups in total. The van der Waals surface area contributed by atoms with Gasteiger partial charge in [0.1, 0.15) is 5.75 Å². The van der Waals surface area contributed by atoms with Crippen molar-refractivity contribution in [2.75, 3.05) is 12.4 Å². The molecule has 0 atom stereocenters. The highest BCUT2D eigenvalue weighted by Crippen LogP contribution is 2.18. The second-order valence-corrected chi connectivity index (χ2v) is 6.49. The third-order valence-corrected chi connectivity index (χ3v) is 4.06. The summed E-state index contributed by atoms with van der Waals surface area (Å²) in [6.45, 7) is 0.611. The normalized spacial score (nSPS) is 11.5. The van der Waals surface area contributed by atoms with Gasteiger partial charge in [0.05, 0.1) is 18.0 Å². The lowest BCUT2D eigenvalue weighted by molar-refractivity contribution is 0.342. The topological polar surface area (TPSA) is 134 Å². The van der Waals surface area contributed by atoms with Gasteiger partial charge in [0, 0.05) is 5.75 Å². The summed E-state index contributed by atoms with van der Waals surface area (Å²) in [4.78, 5) is 0.0457. The standard InChI is InChI=1S/C11H14N4O4S2/c12-7-10-14-15-11(19-10)20-6-5-18-8-1-3-9(4-2-8)21(13,16)17/h1-4H,5-7,12H2,(H2,13,16,17). The summed E-state index contributed by atoms with van der Waals surface area (Å²) in [5.41, 5.74) is 5.35. The number of nitrogens with two attached hydrogens (primary N) is 2. The van der Waals surface area contributed by atoms with Crippen LogP contribution in [0.2, 0.25) is 0 Å². The average molecular weight is 330 g/mol. The molecule has 10 heteroatoms. The molecule has 2 rings (SSSR count). The van der Waals surface area contributed by atoms with Gasteiger partial charge in [0.25, 0.3) is 5.22 Å². The molecule has 0 saturated carbocycles. The maximum Gasteiger partial charge on any atom is 0.276 e. The Labute approximate surface area is 125 Å². The van der Waals surface area contributed by atoms with Crippen LogP contribution in [0.25, 0.3) is 0 Å². The van der Waals surface area contributed by atoms with Crippen LogP contribution in [-0.2, 0) is 16.6 Å². The van der Waals surface area contributed by atoms with Gasteiger partial charge in [-0.1, -0.05) is 11.8 Å². The summed E-state index contributed by atoms with van der Waals surface area (Å²) in [6.07, 6.45) is 0. The molecule has 0 aliphatic heterocycles. The number of aromatic nitrogens is 2. The van der Waals surface area contributed by atoms with Gasteiger partial charge >= 0.3 is 0 Å². The Hall–Kier alpha value is -1.62. The van der Waals surface area contributed by atoms with Crippen molar-refractivity contribution in [1.29, 1.82) is 0 Å². The predicted molar refractivity (Wildman–Crippen MR) is 76.2 cm³/mol. The van der Waals surface area contributed by atoms with E-state index in [1.807, 2.05) is 0 Å². The Morgan fingerprint density at radius 1 is 1.24 bits per heavy atom. The minimum atomic E-state index is -3.68. The van der Waals surface area contributed by atoms with E-state index in [4.69, 9.17) is 20.0 Å². The van der Waals surface area contributed by atoms with Crippen LogP contribution < -0.4 is 15.6 Å². The molecule has 114 valence electrons. The summed E-state index contributed by atoms with van der Waals surface area (Å²) in [7, 11) is -3.68. The van der Waals surface area contributed by atoms with Crippen molar-refractivity contribution >= 4 is 21.8 Å². The van der Waals surface area contributed by atoms with Gasteiger partial charge in [-0.3, -0.25) is 0 Å². The number of hydrogen-bond donors (Lipinski definition) is 2. The second kappa shape index (κ2) is 6.89. The van der Waals surface area contributed by atoms with E-state index in [1.54, 1.807) is 12.1 Å². The summed E-state index contributed by atoms with van der Waals surface area (Å²) < 4.78 is 32.9. The van der Waals surface area contributed by atoms with Crippen LogP contribution in [0.3, 0.4) is 0 Å². The van der Waals surface area contributed by atoms with Crippen molar-refractivity contribution in [3.8, 4) is 5.75 Å². The van der Waals surface area contributed by atoms with Crippen LogP contribution in [-0.4, -0.2) is 31.0 Å². The highest BCUT2D eigenvalue weighted by Gasteiger charge is 2.07. The molecule has 0 aliphatic rings. The largest absolute Gasteiger partial charge is 0.493 e. The van der Waals surface area contributed by atoms with E-state index < -0.39 is 10.0 Å². The number of nitrogens with zero attached hydrogens (tertiary/aromatic N) is 2. The van der Waals surface area contributed by atoms with Crippen molar-refractivity contribution in [3.63, 3.8) is 0 Å². The number of ether oxygens (including phenoxy) is 1. The van der Waals surface area contributed by atoms with E-state index in [1.165, 1.54) is 23.9 Å². The predicted octanol–water partition coefficient (Wildman–Crippen LogP) is 0.347. The lowest BCUT2D eigenvalue weighted by atomic mass is 10.3. The lowest BCUT2D eigenvalue weighted by Gasteiger charge is -2.05. The van der Waals surface area contributed by atoms with Gasteiger partial charge in [-0.25, -0.2) is 13.6 Å². The fraction of sp³-hybridized carbons (Fsp3) is 0.273. The quantitative estimate of drug-likeness (QED) is 0.548. The molecule has 1 heterocycles. The number of thioether (sulfide) groups is 1. The van der Waals surface area contributed by atoms with Gasteiger partial charge < -0.3 is 14.9 Å². The van der Waals surface area contributed by atoms with Gasteiger partial charge in [0.15, 0.2) is 0 Å². The molecule has 0 spiro atoms. The Bertz CT molecular complexity index is 685. The first-order valence-corrected chi connectivity index (χ1v) is 8.43. The van der Waals surface area contributed by atoms with Crippen LogP contribution in [0.1, 0.15) is 5.89 Å². The molecular weight excluding hydrogens is 316 g/mol. The van der Waals surface area contributed by atoms with Crippen molar-refractivity contribution in [1.82, 2.24) is 10.2 Å². The van der Waals surface area contributed by atoms with Crippen molar-refractivity contribution < 1.29 is 17.6 Å². The van der Waals surface area contributed by atoms with E-state index in [0.717, 1.165) is 0 Å². The van der Waals surface area contributed by atoms with E-state index >= 15 is 0 Å². The number of primary sulfonamides is 1. The summed E-state index contributed by atoms with van der Waals surface area (Å²) >= 11 is 1.35. The van der Waals surface area contributed by atoms with E-state index in [9.17, 15) is 8.42 Å². The van der Waals surface area contributed by atoms with Crippen LogP contribution in [0.4, 0.5) is 0 Å². The number of benzene rings is 1. The number of rotatable bonds is 7. The highest BCUT2D eigenvalue weighted by molar-refractivity contribution is 7.99. The SMILES string of the molecule is NCc1nnc(SCCOc2ccc(S(N)(=O)=O)cc2)o1.